The Balaban J connectivity index is 2.12. The minimum atomic E-state index is -1.14. The number of pyridine rings is 1. The summed E-state index contributed by atoms with van der Waals surface area (Å²) in [6.07, 6.45) is 2.74. The number of hydrogen-bond acceptors (Lipinski definition) is 4. The van der Waals surface area contributed by atoms with Crippen molar-refractivity contribution in [3.63, 3.8) is 0 Å². The van der Waals surface area contributed by atoms with Gasteiger partial charge >= 0.3 is 5.97 Å². The van der Waals surface area contributed by atoms with Gasteiger partial charge in [-0.2, -0.15) is 0 Å². The second-order valence-electron chi connectivity index (χ2n) is 5.64. The van der Waals surface area contributed by atoms with Crippen molar-refractivity contribution in [3.05, 3.63) is 29.6 Å². The maximum Gasteiger partial charge on any atom is 0.354 e. The lowest BCUT2D eigenvalue weighted by molar-refractivity contribution is -0.120. The Bertz CT molecular complexity index is 569. The van der Waals surface area contributed by atoms with Crippen LogP contribution in [0.5, 0.6) is 0 Å². The molecule has 120 valence electrons. The average Bonchev–Trinajstić information content (AvgIpc) is 2.52. The van der Waals surface area contributed by atoms with Crippen LogP contribution in [-0.4, -0.2) is 41.2 Å². The zero-order valence-corrected chi connectivity index (χ0v) is 13.1. The van der Waals surface area contributed by atoms with Crippen LogP contribution in [0, 0.1) is 5.41 Å². The molecule has 1 aliphatic rings. The van der Waals surface area contributed by atoms with Crippen molar-refractivity contribution < 1.29 is 19.4 Å². The van der Waals surface area contributed by atoms with Gasteiger partial charge < -0.3 is 15.2 Å². The maximum atomic E-state index is 12.3. The van der Waals surface area contributed by atoms with Crippen LogP contribution in [0.25, 0.3) is 0 Å². The molecule has 1 saturated carbocycles. The molecule has 1 aromatic heterocycles. The van der Waals surface area contributed by atoms with E-state index in [9.17, 15) is 9.59 Å². The zero-order valence-electron chi connectivity index (χ0n) is 13.1. The largest absolute Gasteiger partial charge is 0.477 e. The van der Waals surface area contributed by atoms with E-state index in [1.807, 2.05) is 0 Å². The monoisotopic (exact) mass is 306 g/mol. The van der Waals surface area contributed by atoms with E-state index in [1.54, 1.807) is 7.11 Å². The minimum Gasteiger partial charge on any atom is -0.477 e. The Morgan fingerprint density at radius 2 is 2.00 bits per heavy atom. The van der Waals surface area contributed by atoms with Gasteiger partial charge in [-0.25, -0.2) is 9.78 Å². The maximum absolute atomic E-state index is 12.3. The molecule has 0 spiro atoms. The highest BCUT2D eigenvalue weighted by Crippen LogP contribution is 2.48. The summed E-state index contributed by atoms with van der Waals surface area (Å²) in [5, 5.41) is 11.9. The van der Waals surface area contributed by atoms with Crippen molar-refractivity contribution in [2.24, 2.45) is 5.41 Å². The van der Waals surface area contributed by atoms with Gasteiger partial charge in [-0.1, -0.05) is 19.9 Å². The number of rotatable bonds is 6. The van der Waals surface area contributed by atoms with E-state index >= 15 is 0 Å². The van der Waals surface area contributed by atoms with Crippen molar-refractivity contribution in [1.82, 2.24) is 10.3 Å². The summed E-state index contributed by atoms with van der Waals surface area (Å²) in [6, 6.07) is 4.44. The molecule has 2 N–H and O–H groups in total. The molecule has 2 rings (SSSR count). The molecule has 2 unspecified atom stereocenters. The average molecular weight is 306 g/mol. The predicted molar refractivity (Wildman–Crippen MR) is 80.9 cm³/mol. The van der Waals surface area contributed by atoms with E-state index in [0.717, 1.165) is 19.3 Å². The third-order valence-electron chi connectivity index (χ3n) is 4.89. The van der Waals surface area contributed by atoms with Crippen LogP contribution in [0.2, 0.25) is 0 Å². The summed E-state index contributed by atoms with van der Waals surface area (Å²) < 4.78 is 5.51. The third kappa shape index (κ3) is 2.70. The number of ether oxygens (including phenoxy) is 1. The molecule has 0 saturated heterocycles. The predicted octanol–water partition coefficient (Wildman–Crippen LogP) is 2.10. The van der Waals surface area contributed by atoms with E-state index in [-0.39, 0.29) is 34.9 Å². The summed E-state index contributed by atoms with van der Waals surface area (Å²) in [6.45, 7) is 4.19. The molecule has 22 heavy (non-hydrogen) atoms. The van der Waals surface area contributed by atoms with Crippen molar-refractivity contribution in [3.8, 4) is 0 Å². The van der Waals surface area contributed by atoms with Crippen LogP contribution in [-0.2, 0) is 4.74 Å². The molecular formula is C16H22N2O4. The van der Waals surface area contributed by atoms with Crippen LogP contribution in [0.15, 0.2) is 18.2 Å². The van der Waals surface area contributed by atoms with Crippen LogP contribution in [0.3, 0.4) is 0 Å². The lowest BCUT2D eigenvalue weighted by atomic mass is 9.58. The van der Waals surface area contributed by atoms with Gasteiger partial charge in [0.2, 0.25) is 0 Å². The molecule has 0 radical (unpaired) electrons. The molecule has 1 heterocycles. The number of nitrogens with one attached hydrogen (secondary N) is 1. The smallest absolute Gasteiger partial charge is 0.354 e. The summed E-state index contributed by atoms with van der Waals surface area (Å²) in [7, 11) is 1.70. The van der Waals surface area contributed by atoms with Gasteiger partial charge in [0.1, 0.15) is 11.4 Å². The molecule has 2 atom stereocenters. The Hall–Kier alpha value is -1.95. The number of carbonyl (C=O) groups is 2. The Labute approximate surface area is 129 Å². The highest BCUT2D eigenvalue weighted by Gasteiger charge is 2.53. The quantitative estimate of drug-likeness (QED) is 0.840. The van der Waals surface area contributed by atoms with E-state index in [1.165, 1.54) is 18.2 Å². The SMILES string of the molecule is CCC1(CC)C(NC(=O)c2cccc(C(=O)O)n2)CC1OC. The number of methoxy groups -OCH3 is 1. The molecule has 0 bridgehead atoms. The normalized spacial score (nSPS) is 22.7. The third-order valence-corrected chi connectivity index (χ3v) is 4.89. The molecule has 0 aliphatic heterocycles. The van der Waals surface area contributed by atoms with E-state index in [4.69, 9.17) is 9.84 Å². The van der Waals surface area contributed by atoms with Gasteiger partial charge in [0.25, 0.3) is 5.91 Å². The first-order valence-electron chi connectivity index (χ1n) is 7.52. The standard InChI is InChI=1S/C16H22N2O4/c1-4-16(5-2)12(9-13(16)22-3)18-14(19)10-7-6-8-11(17-10)15(20)21/h6-8,12-13H,4-5,9H2,1-3H3,(H,18,19)(H,20,21). The second kappa shape index (κ2) is 6.44. The van der Waals surface area contributed by atoms with Gasteiger partial charge in [-0.15, -0.1) is 0 Å². The van der Waals surface area contributed by atoms with Gasteiger partial charge in [0.15, 0.2) is 0 Å². The Morgan fingerprint density at radius 3 is 2.55 bits per heavy atom. The highest BCUT2D eigenvalue weighted by atomic mass is 16.5. The number of aromatic nitrogens is 1. The van der Waals surface area contributed by atoms with Crippen LogP contribution < -0.4 is 5.32 Å². The van der Waals surface area contributed by atoms with Gasteiger partial charge in [-0.05, 0) is 31.4 Å². The molecule has 1 amide bonds. The van der Waals surface area contributed by atoms with Crippen LogP contribution >= 0.6 is 0 Å². The number of hydrogen-bond donors (Lipinski definition) is 2. The van der Waals surface area contributed by atoms with Gasteiger partial charge in [0.05, 0.1) is 6.10 Å². The van der Waals surface area contributed by atoms with Crippen molar-refractivity contribution >= 4 is 11.9 Å². The molecule has 1 fully saturated rings. The van der Waals surface area contributed by atoms with Crippen molar-refractivity contribution in [1.29, 1.82) is 0 Å². The molecular weight excluding hydrogens is 284 g/mol. The number of carboxylic acids is 1. The Morgan fingerprint density at radius 1 is 1.36 bits per heavy atom. The lowest BCUT2D eigenvalue weighted by Gasteiger charge is -2.55. The van der Waals surface area contributed by atoms with E-state index in [0.29, 0.717) is 0 Å². The van der Waals surface area contributed by atoms with E-state index < -0.39 is 5.97 Å². The second-order valence-corrected chi connectivity index (χ2v) is 5.64. The Kier molecular flexibility index (Phi) is 4.81. The van der Waals surface area contributed by atoms with Gasteiger partial charge in [-0.3, -0.25) is 4.79 Å². The number of amides is 1. The minimum absolute atomic E-state index is 0.0234. The highest BCUT2D eigenvalue weighted by molar-refractivity contribution is 5.94. The fraction of sp³-hybridized carbons (Fsp3) is 0.562. The summed E-state index contributed by atoms with van der Waals surface area (Å²) in [5.74, 6) is -1.48. The van der Waals surface area contributed by atoms with E-state index in [2.05, 4.69) is 24.1 Å². The number of carboxylic acid groups (broad SMARTS) is 1. The number of aromatic carboxylic acids is 1. The lowest BCUT2D eigenvalue weighted by Crippen LogP contribution is -2.64. The fourth-order valence-corrected chi connectivity index (χ4v) is 3.39. The molecule has 1 aliphatic carbocycles. The van der Waals surface area contributed by atoms with Gasteiger partial charge in [0, 0.05) is 18.6 Å². The van der Waals surface area contributed by atoms with Crippen molar-refractivity contribution in [2.75, 3.05) is 7.11 Å². The first-order valence-corrected chi connectivity index (χ1v) is 7.52. The number of carbonyl (C=O) groups excluding carboxylic acids is 1. The molecule has 6 heteroatoms. The molecule has 6 nitrogen and oxygen atoms in total. The zero-order chi connectivity index (χ0) is 16.3. The van der Waals surface area contributed by atoms with Crippen molar-refractivity contribution in [2.45, 2.75) is 45.3 Å². The first kappa shape index (κ1) is 16.4. The first-order chi connectivity index (χ1) is 10.5. The summed E-state index contributed by atoms with van der Waals surface area (Å²) in [5.41, 5.74) is -0.0652. The summed E-state index contributed by atoms with van der Waals surface area (Å²) in [4.78, 5) is 27.1. The topological polar surface area (TPSA) is 88.5 Å². The van der Waals surface area contributed by atoms with Crippen LogP contribution in [0.4, 0.5) is 0 Å². The summed E-state index contributed by atoms with van der Waals surface area (Å²) >= 11 is 0. The number of nitrogens with zero attached hydrogens (tertiary/aromatic N) is 1. The van der Waals surface area contributed by atoms with Crippen LogP contribution in [0.1, 0.15) is 54.1 Å². The fourth-order valence-electron chi connectivity index (χ4n) is 3.39. The molecule has 0 aromatic carbocycles. The molecule has 1 aromatic rings.